The van der Waals surface area contributed by atoms with Gasteiger partial charge >= 0.3 is 6.18 Å². The van der Waals surface area contributed by atoms with Crippen LogP contribution in [-0.4, -0.2) is 67.1 Å². The van der Waals surface area contributed by atoms with Gasteiger partial charge in [0.1, 0.15) is 12.0 Å². The summed E-state index contributed by atoms with van der Waals surface area (Å²) in [6.07, 6.45) is -1.60. The molecule has 1 aliphatic heterocycles. The Morgan fingerprint density at radius 2 is 1.47 bits per heavy atom. The Bertz CT molecular complexity index is 1440. The van der Waals surface area contributed by atoms with E-state index >= 15 is 0 Å². The number of hydrogen-bond acceptors (Lipinski definition) is 4. The lowest BCUT2D eigenvalue weighted by atomic mass is 9.73. The number of unbranched alkanes of at least 4 members (excludes halogenated alkanes) is 1. The standard InChI is InChI=1S/C34H35F3N4O2/c35-34(36,37)24-39-32(43)33(29-9-3-1-7-27(29)28-8-2-4-10-30(28)33)17-5-6-18-40-19-21-41(22-20-40)31(42)16-15-25-11-13-26(23-38)14-12-25/h1-4,7-14H,5-6,15-22,24H2,(H,39,43). The van der Waals surface area contributed by atoms with Gasteiger partial charge in [-0.1, -0.05) is 67.1 Å². The third-order valence-corrected chi connectivity index (χ3v) is 8.61. The van der Waals surface area contributed by atoms with Crippen LogP contribution >= 0.6 is 0 Å². The number of halogens is 3. The summed E-state index contributed by atoms with van der Waals surface area (Å²) < 4.78 is 39.3. The number of nitriles is 1. The molecule has 0 unspecified atom stereocenters. The molecule has 5 rings (SSSR count). The van der Waals surface area contributed by atoms with Crippen LogP contribution in [0.25, 0.3) is 11.1 Å². The molecule has 3 aromatic rings. The van der Waals surface area contributed by atoms with Crippen LogP contribution in [0, 0.1) is 11.3 Å². The van der Waals surface area contributed by atoms with Crippen molar-refractivity contribution in [3.05, 3.63) is 95.1 Å². The van der Waals surface area contributed by atoms with E-state index in [4.69, 9.17) is 5.26 Å². The van der Waals surface area contributed by atoms with Crippen LogP contribution in [-0.2, 0) is 21.4 Å². The molecule has 1 N–H and O–H groups in total. The van der Waals surface area contributed by atoms with Gasteiger partial charge in [-0.25, -0.2) is 0 Å². The Balaban J connectivity index is 1.16. The van der Waals surface area contributed by atoms with E-state index < -0.39 is 24.0 Å². The third-order valence-electron chi connectivity index (χ3n) is 8.61. The van der Waals surface area contributed by atoms with E-state index in [1.165, 1.54) is 0 Å². The first-order chi connectivity index (χ1) is 20.7. The summed E-state index contributed by atoms with van der Waals surface area (Å²) in [6, 6.07) is 24.4. The Morgan fingerprint density at radius 3 is 2.05 bits per heavy atom. The maximum Gasteiger partial charge on any atom is 0.405 e. The number of nitrogens with zero attached hydrogens (tertiary/aromatic N) is 3. The topological polar surface area (TPSA) is 76.4 Å². The molecule has 1 saturated heterocycles. The highest BCUT2D eigenvalue weighted by Crippen LogP contribution is 2.51. The second kappa shape index (κ2) is 13.0. The van der Waals surface area contributed by atoms with Crippen molar-refractivity contribution in [1.82, 2.24) is 15.1 Å². The van der Waals surface area contributed by atoms with E-state index in [9.17, 15) is 22.8 Å². The Labute approximate surface area is 250 Å². The van der Waals surface area contributed by atoms with Gasteiger partial charge in [0.25, 0.3) is 0 Å². The maximum atomic E-state index is 13.6. The molecular weight excluding hydrogens is 553 g/mol. The van der Waals surface area contributed by atoms with Gasteiger partial charge in [0.2, 0.25) is 11.8 Å². The highest BCUT2D eigenvalue weighted by atomic mass is 19.4. The summed E-state index contributed by atoms with van der Waals surface area (Å²) >= 11 is 0. The van der Waals surface area contributed by atoms with E-state index in [0.29, 0.717) is 44.3 Å². The minimum Gasteiger partial charge on any atom is -0.346 e. The molecule has 0 bridgehead atoms. The molecule has 43 heavy (non-hydrogen) atoms. The summed E-state index contributed by atoms with van der Waals surface area (Å²) in [5, 5.41) is 11.1. The second-order valence-electron chi connectivity index (χ2n) is 11.3. The minimum absolute atomic E-state index is 0.120. The molecule has 0 aromatic heterocycles. The van der Waals surface area contributed by atoms with Crippen LogP contribution in [0.5, 0.6) is 0 Å². The van der Waals surface area contributed by atoms with Gasteiger partial charge in [0, 0.05) is 32.6 Å². The van der Waals surface area contributed by atoms with Gasteiger partial charge in [-0.05, 0) is 65.8 Å². The first-order valence-corrected chi connectivity index (χ1v) is 14.7. The molecule has 2 aliphatic rings. The zero-order valence-corrected chi connectivity index (χ0v) is 24.0. The number of nitrogens with one attached hydrogen (secondary N) is 1. The Kier molecular flexibility index (Phi) is 9.16. The number of alkyl halides is 3. The molecule has 9 heteroatoms. The number of hydrogen-bond donors (Lipinski definition) is 1. The van der Waals surface area contributed by atoms with Gasteiger partial charge in [-0.2, -0.15) is 18.4 Å². The lowest BCUT2D eigenvalue weighted by Crippen LogP contribution is -2.49. The molecule has 3 aromatic carbocycles. The first-order valence-electron chi connectivity index (χ1n) is 14.7. The van der Waals surface area contributed by atoms with Crippen molar-refractivity contribution < 1.29 is 22.8 Å². The Hall–Kier alpha value is -4.16. The lowest BCUT2D eigenvalue weighted by Gasteiger charge is -2.35. The summed E-state index contributed by atoms with van der Waals surface area (Å²) in [6.45, 7) is 2.23. The van der Waals surface area contributed by atoms with Crippen molar-refractivity contribution in [3.63, 3.8) is 0 Å². The zero-order valence-electron chi connectivity index (χ0n) is 24.0. The highest BCUT2D eigenvalue weighted by Gasteiger charge is 2.49. The van der Waals surface area contributed by atoms with Crippen LogP contribution in [0.4, 0.5) is 13.2 Å². The minimum atomic E-state index is -4.50. The van der Waals surface area contributed by atoms with Gasteiger partial charge in [0.15, 0.2) is 0 Å². The van der Waals surface area contributed by atoms with E-state index in [1.807, 2.05) is 65.6 Å². The quantitative estimate of drug-likeness (QED) is 0.320. The van der Waals surface area contributed by atoms with Crippen molar-refractivity contribution in [3.8, 4) is 17.2 Å². The molecule has 6 nitrogen and oxygen atoms in total. The van der Waals surface area contributed by atoms with Gasteiger partial charge in [0.05, 0.1) is 11.6 Å². The fourth-order valence-electron chi connectivity index (χ4n) is 6.39. The summed E-state index contributed by atoms with van der Waals surface area (Å²) in [4.78, 5) is 30.6. The molecule has 1 aliphatic carbocycles. The summed E-state index contributed by atoms with van der Waals surface area (Å²) in [5.41, 5.74) is 3.74. The van der Waals surface area contributed by atoms with E-state index in [-0.39, 0.29) is 5.91 Å². The fraction of sp³-hybridized carbons (Fsp3) is 0.382. The van der Waals surface area contributed by atoms with Crippen LogP contribution < -0.4 is 5.32 Å². The molecule has 0 atom stereocenters. The smallest absolute Gasteiger partial charge is 0.346 e. The van der Waals surface area contributed by atoms with Gasteiger partial charge < -0.3 is 10.2 Å². The van der Waals surface area contributed by atoms with E-state index in [1.54, 1.807) is 12.1 Å². The number of rotatable bonds is 10. The largest absolute Gasteiger partial charge is 0.405 e. The molecule has 0 saturated carbocycles. The molecule has 0 spiro atoms. The SMILES string of the molecule is N#Cc1ccc(CCC(=O)N2CCN(CCCCC3(C(=O)NCC(F)(F)F)c4ccccc4-c4ccccc43)CC2)cc1. The van der Waals surface area contributed by atoms with Crippen molar-refractivity contribution in [2.75, 3.05) is 39.3 Å². The van der Waals surface area contributed by atoms with E-state index in [0.717, 1.165) is 53.9 Å². The van der Waals surface area contributed by atoms with Crippen LogP contribution in [0.3, 0.4) is 0 Å². The van der Waals surface area contributed by atoms with Crippen molar-refractivity contribution >= 4 is 11.8 Å². The predicted octanol–water partition coefficient (Wildman–Crippen LogP) is 5.45. The molecule has 1 fully saturated rings. The van der Waals surface area contributed by atoms with Crippen molar-refractivity contribution in [1.29, 1.82) is 5.26 Å². The number of amides is 2. The van der Waals surface area contributed by atoms with Crippen LogP contribution in [0.2, 0.25) is 0 Å². The number of carbonyl (C=O) groups excluding carboxylic acids is 2. The second-order valence-corrected chi connectivity index (χ2v) is 11.3. The number of benzene rings is 3. The molecular formula is C34H35F3N4O2. The highest BCUT2D eigenvalue weighted by molar-refractivity contribution is 6.00. The number of fused-ring (bicyclic) bond motifs is 3. The Morgan fingerprint density at radius 1 is 0.860 bits per heavy atom. The average molecular weight is 589 g/mol. The monoisotopic (exact) mass is 588 g/mol. The van der Waals surface area contributed by atoms with Crippen molar-refractivity contribution in [2.24, 2.45) is 0 Å². The van der Waals surface area contributed by atoms with Gasteiger partial charge in [-0.15, -0.1) is 0 Å². The van der Waals surface area contributed by atoms with Crippen molar-refractivity contribution in [2.45, 2.75) is 43.7 Å². The van der Waals surface area contributed by atoms with E-state index in [2.05, 4.69) is 16.3 Å². The summed E-state index contributed by atoms with van der Waals surface area (Å²) in [5.74, 6) is -0.496. The predicted molar refractivity (Wildman–Crippen MR) is 158 cm³/mol. The zero-order chi connectivity index (χ0) is 30.5. The summed E-state index contributed by atoms with van der Waals surface area (Å²) in [7, 11) is 0. The van der Waals surface area contributed by atoms with Crippen LogP contribution in [0.15, 0.2) is 72.8 Å². The number of carbonyl (C=O) groups is 2. The molecule has 0 radical (unpaired) electrons. The third kappa shape index (κ3) is 6.75. The normalized spacial score (nSPS) is 15.8. The van der Waals surface area contributed by atoms with Crippen LogP contribution in [0.1, 0.15) is 47.9 Å². The number of piperazine rings is 1. The molecule has 224 valence electrons. The first kappa shape index (κ1) is 30.3. The molecule has 1 heterocycles. The average Bonchev–Trinajstić information content (AvgIpc) is 3.31. The fourth-order valence-corrected chi connectivity index (χ4v) is 6.39. The molecule has 2 amide bonds. The van der Waals surface area contributed by atoms with Gasteiger partial charge in [-0.3, -0.25) is 14.5 Å². The lowest BCUT2D eigenvalue weighted by molar-refractivity contribution is -0.141. The number of aryl methyl sites for hydroxylation is 1. The maximum absolute atomic E-state index is 13.6.